The molecular formula is C15H19F5O. The Morgan fingerprint density at radius 1 is 1.00 bits per heavy atom. The Bertz CT molecular complexity index is 464. The molecule has 1 rings (SSSR count). The predicted octanol–water partition coefficient (Wildman–Crippen LogP) is 5.26. The highest BCUT2D eigenvalue weighted by Gasteiger charge is 2.60. The Morgan fingerprint density at radius 2 is 1.48 bits per heavy atom. The molecule has 0 N–H and O–H groups in total. The highest BCUT2D eigenvalue weighted by molar-refractivity contribution is 5.29. The summed E-state index contributed by atoms with van der Waals surface area (Å²) < 4.78 is 68.7. The second kappa shape index (κ2) is 5.91. The number of halogens is 5. The second-order valence-electron chi connectivity index (χ2n) is 5.59. The fraction of sp³-hybridized carbons (Fsp3) is 0.600. The molecule has 1 unspecified atom stereocenters. The zero-order chi connectivity index (χ0) is 16.5. The molecule has 21 heavy (non-hydrogen) atoms. The van der Waals surface area contributed by atoms with Gasteiger partial charge in [-0.25, -0.2) is 0 Å². The van der Waals surface area contributed by atoms with E-state index in [1.807, 2.05) is 13.8 Å². The van der Waals surface area contributed by atoms with Gasteiger partial charge in [0.2, 0.25) is 0 Å². The van der Waals surface area contributed by atoms with E-state index in [1.165, 1.54) is 19.1 Å². The van der Waals surface area contributed by atoms with Crippen LogP contribution < -0.4 is 0 Å². The first-order valence-electron chi connectivity index (χ1n) is 6.53. The summed E-state index contributed by atoms with van der Waals surface area (Å²) >= 11 is 0. The quantitative estimate of drug-likeness (QED) is 0.674. The number of methoxy groups -OCH3 is 1. The molecule has 0 amide bonds. The molecule has 1 aromatic carbocycles. The number of hydrogen-bond acceptors (Lipinski definition) is 1. The number of alkyl halides is 5. The van der Waals surface area contributed by atoms with Gasteiger partial charge in [-0.05, 0) is 24.0 Å². The van der Waals surface area contributed by atoms with Crippen molar-refractivity contribution in [2.24, 2.45) is 0 Å². The van der Waals surface area contributed by atoms with Crippen LogP contribution in [0.5, 0.6) is 0 Å². The number of hydrogen-bond donors (Lipinski definition) is 0. The fourth-order valence-corrected chi connectivity index (χ4v) is 2.04. The molecule has 0 bridgehead atoms. The maximum atomic E-state index is 13.3. The van der Waals surface area contributed by atoms with Crippen molar-refractivity contribution in [2.75, 3.05) is 7.11 Å². The lowest BCUT2D eigenvalue weighted by Crippen LogP contribution is -2.43. The first-order chi connectivity index (χ1) is 9.43. The van der Waals surface area contributed by atoms with Gasteiger partial charge in [-0.3, -0.25) is 0 Å². The lowest BCUT2D eigenvalue weighted by Gasteiger charge is -2.33. The normalized spacial score (nSPS) is 16.1. The summed E-state index contributed by atoms with van der Waals surface area (Å²) in [5, 5.41) is 0. The predicted molar refractivity (Wildman–Crippen MR) is 70.5 cm³/mol. The molecule has 0 heterocycles. The Hall–Kier alpha value is -1.17. The molecule has 0 aliphatic rings. The lowest BCUT2D eigenvalue weighted by atomic mass is 9.87. The van der Waals surface area contributed by atoms with E-state index in [0.29, 0.717) is 5.56 Å². The van der Waals surface area contributed by atoms with E-state index in [2.05, 4.69) is 0 Å². The standard InChI is InChI=1S/C15H19F5O/c1-10(2)11-5-7-12(8-6-11)13(3,21-4)9-14(16,17)15(18,19)20/h5-8,10H,9H2,1-4H3. The highest BCUT2D eigenvalue weighted by Crippen LogP contribution is 2.45. The van der Waals surface area contributed by atoms with Gasteiger partial charge in [-0.15, -0.1) is 0 Å². The van der Waals surface area contributed by atoms with Crippen molar-refractivity contribution in [3.05, 3.63) is 35.4 Å². The topological polar surface area (TPSA) is 9.23 Å². The first kappa shape index (κ1) is 17.9. The molecule has 0 aliphatic carbocycles. The molecule has 0 aromatic heterocycles. The third-order valence-electron chi connectivity index (χ3n) is 3.61. The molecule has 0 saturated heterocycles. The van der Waals surface area contributed by atoms with Crippen LogP contribution in [0.15, 0.2) is 24.3 Å². The van der Waals surface area contributed by atoms with Crippen molar-refractivity contribution < 1.29 is 26.7 Å². The number of benzene rings is 1. The summed E-state index contributed by atoms with van der Waals surface area (Å²) in [6, 6.07) is 6.49. The second-order valence-corrected chi connectivity index (χ2v) is 5.59. The summed E-state index contributed by atoms with van der Waals surface area (Å²) in [5.41, 5.74) is -0.452. The minimum absolute atomic E-state index is 0.240. The maximum Gasteiger partial charge on any atom is 0.453 e. The minimum atomic E-state index is -5.59. The molecule has 0 fully saturated rings. The Labute approximate surface area is 121 Å². The van der Waals surface area contributed by atoms with Gasteiger partial charge < -0.3 is 4.74 Å². The zero-order valence-electron chi connectivity index (χ0n) is 12.4. The summed E-state index contributed by atoms with van der Waals surface area (Å²) in [6.45, 7) is 5.15. The summed E-state index contributed by atoms with van der Waals surface area (Å²) in [5.74, 6) is -4.57. The van der Waals surface area contributed by atoms with Gasteiger partial charge in [0.25, 0.3) is 0 Å². The fourth-order valence-electron chi connectivity index (χ4n) is 2.04. The van der Waals surface area contributed by atoms with Crippen LogP contribution in [0.4, 0.5) is 22.0 Å². The van der Waals surface area contributed by atoms with Crippen LogP contribution in [0.25, 0.3) is 0 Å². The van der Waals surface area contributed by atoms with Gasteiger partial charge in [0.15, 0.2) is 0 Å². The summed E-state index contributed by atoms with van der Waals surface area (Å²) in [7, 11) is 1.13. The molecule has 120 valence electrons. The molecule has 0 radical (unpaired) electrons. The lowest BCUT2D eigenvalue weighted by molar-refractivity contribution is -0.298. The molecule has 1 atom stereocenters. The van der Waals surface area contributed by atoms with Crippen LogP contribution in [-0.4, -0.2) is 19.2 Å². The maximum absolute atomic E-state index is 13.3. The molecular weight excluding hydrogens is 291 g/mol. The smallest absolute Gasteiger partial charge is 0.374 e. The van der Waals surface area contributed by atoms with Gasteiger partial charge in [0.1, 0.15) is 0 Å². The van der Waals surface area contributed by atoms with E-state index in [9.17, 15) is 22.0 Å². The number of rotatable bonds is 5. The largest absolute Gasteiger partial charge is 0.453 e. The van der Waals surface area contributed by atoms with Crippen LogP contribution >= 0.6 is 0 Å². The van der Waals surface area contributed by atoms with Gasteiger partial charge in [0, 0.05) is 7.11 Å². The SMILES string of the molecule is COC(C)(CC(F)(F)C(F)(F)F)c1ccc(C(C)C)cc1. The van der Waals surface area contributed by atoms with Crippen LogP contribution in [0, 0.1) is 0 Å². The van der Waals surface area contributed by atoms with Crippen LogP contribution in [0.1, 0.15) is 44.2 Å². The van der Waals surface area contributed by atoms with Gasteiger partial charge in [-0.1, -0.05) is 38.1 Å². The van der Waals surface area contributed by atoms with E-state index >= 15 is 0 Å². The van der Waals surface area contributed by atoms with Crippen molar-refractivity contribution in [1.29, 1.82) is 0 Å². The number of ether oxygens (including phenoxy) is 1. The molecule has 0 spiro atoms. The van der Waals surface area contributed by atoms with Crippen molar-refractivity contribution in [3.63, 3.8) is 0 Å². The monoisotopic (exact) mass is 310 g/mol. The summed E-state index contributed by atoms with van der Waals surface area (Å²) in [6.07, 6.45) is -7.05. The van der Waals surface area contributed by atoms with E-state index in [0.717, 1.165) is 12.7 Å². The zero-order valence-corrected chi connectivity index (χ0v) is 12.4. The van der Waals surface area contributed by atoms with Crippen LogP contribution in [0.2, 0.25) is 0 Å². The first-order valence-corrected chi connectivity index (χ1v) is 6.53. The Kier molecular flexibility index (Phi) is 5.03. The van der Waals surface area contributed by atoms with Gasteiger partial charge in [-0.2, -0.15) is 22.0 Å². The average Bonchev–Trinajstić information content (AvgIpc) is 2.37. The average molecular weight is 310 g/mol. The van der Waals surface area contributed by atoms with Crippen molar-refractivity contribution in [3.8, 4) is 0 Å². The van der Waals surface area contributed by atoms with Crippen molar-refractivity contribution >= 4 is 0 Å². The molecule has 1 aromatic rings. The van der Waals surface area contributed by atoms with Crippen molar-refractivity contribution in [1.82, 2.24) is 0 Å². The van der Waals surface area contributed by atoms with Gasteiger partial charge >= 0.3 is 12.1 Å². The molecule has 0 saturated carbocycles. The van der Waals surface area contributed by atoms with Crippen LogP contribution in [-0.2, 0) is 10.3 Å². The van der Waals surface area contributed by atoms with Crippen LogP contribution in [0.3, 0.4) is 0 Å². The third-order valence-corrected chi connectivity index (χ3v) is 3.61. The molecule has 1 nitrogen and oxygen atoms in total. The van der Waals surface area contributed by atoms with E-state index in [-0.39, 0.29) is 5.92 Å². The van der Waals surface area contributed by atoms with Gasteiger partial charge in [0.05, 0.1) is 12.0 Å². The van der Waals surface area contributed by atoms with Crippen molar-refractivity contribution in [2.45, 2.75) is 50.8 Å². The Morgan fingerprint density at radius 3 is 1.81 bits per heavy atom. The molecule has 0 aliphatic heterocycles. The highest BCUT2D eigenvalue weighted by atomic mass is 19.4. The van der Waals surface area contributed by atoms with E-state index < -0.39 is 24.1 Å². The Balaban J connectivity index is 3.10. The van der Waals surface area contributed by atoms with E-state index in [4.69, 9.17) is 4.74 Å². The molecule has 6 heteroatoms. The minimum Gasteiger partial charge on any atom is -0.374 e. The summed E-state index contributed by atoms with van der Waals surface area (Å²) in [4.78, 5) is 0. The van der Waals surface area contributed by atoms with E-state index in [1.54, 1.807) is 12.1 Å². The third kappa shape index (κ3) is 3.93.